The molecule has 5 heteroatoms. The quantitative estimate of drug-likeness (QED) is 0.895. The topological polar surface area (TPSA) is 51.4 Å². The molecule has 4 nitrogen and oxygen atoms in total. The summed E-state index contributed by atoms with van der Waals surface area (Å²) in [6.45, 7) is 7.24. The molecule has 0 amide bonds. The number of ether oxygens (including phenoxy) is 1. The van der Waals surface area contributed by atoms with Crippen molar-refractivity contribution >= 4 is 22.4 Å². The van der Waals surface area contributed by atoms with Gasteiger partial charge < -0.3 is 15.4 Å². The van der Waals surface area contributed by atoms with Crippen molar-refractivity contribution < 1.29 is 4.74 Å². The van der Waals surface area contributed by atoms with Gasteiger partial charge >= 0.3 is 0 Å². The number of aromatic nitrogens is 1. The van der Waals surface area contributed by atoms with Gasteiger partial charge in [-0.3, -0.25) is 0 Å². The molecule has 19 heavy (non-hydrogen) atoms. The van der Waals surface area contributed by atoms with E-state index >= 15 is 0 Å². The van der Waals surface area contributed by atoms with Crippen molar-refractivity contribution in [1.29, 1.82) is 0 Å². The zero-order valence-electron chi connectivity index (χ0n) is 12.2. The minimum Gasteiger partial charge on any atom is -0.484 e. The normalized spacial score (nSPS) is 16.8. The van der Waals surface area contributed by atoms with Crippen molar-refractivity contribution in [2.45, 2.75) is 65.0 Å². The summed E-state index contributed by atoms with van der Waals surface area (Å²) in [6, 6.07) is 0.619. The van der Waals surface area contributed by atoms with Crippen LogP contribution >= 0.6 is 11.5 Å². The summed E-state index contributed by atoms with van der Waals surface area (Å²) in [5.74, 6) is 1.32. The number of hydrogen-bond donors (Lipinski definition) is 1. The lowest BCUT2D eigenvalue weighted by atomic mass is 9.94. The van der Waals surface area contributed by atoms with Crippen LogP contribution in [0, 0.1) is 0 Å². The zero-order valence-corrected chi connectivity index (χ0v) is 13.0. The van der Waals surface area contributed by atoms with E-state index in [1.54, 1.807) is 0 Å². The van der Waals surface area contributed by atoms with E-state index in [0.717, 1.165) is 17.3 Å². The van der Waals surface area contributed by atoms with E-state index in [2.05, 4.69) is 16.2 Å². The third-order valence-electron chi connectivity index (χ3n) is 3.63. The van der Waals surface area contributed by atoms with E-state index in [4.69, 9.17) is 10.5 Å². The Morgan fingerprint density at radius 3 is 2.63 bits per heavy atom. The van der Waals surface area contributed by atoms with Crippen molar-refractivity contribution in [2.75, 3.05) is 17.2 Å². The van der Waals surface area contributed by atoms with E-state index in [1.807, 2.05) is 13.8 Å². The van der Waals surface area contributed by atoms with Crippen molar-refractivity contribution in [3.8, 4) is 5.75 Å². The summed E-state index contributed by atoms with van der Waals surface area (Å²) >= 11 is 1.47. The first-order valence-electron chi connectivity index (χ1n) is 7.32. The van der Waals surface area contributed by atoms with Crippen LogP contribution in [0.1, 0.15) is 52.9 Å². The molecule has 1 aromatic rings. The van der Waals surface area contributed by atoms with Crippen molar-refractivity contribution in [3.63, 3.8) is 0 Å². The first kappa shape index (κ1) is 14.4. The fourth-order valence-electron chi connectivity index (χ4n) is 2.77. The molecule has 0 atom stereocenters. The highest BCUT2D eigenvalue weighted by Gasteiger charge is 2.26. The molecule has 0 aliphatic heterocycles. The maximum atomic E-state index is 5.96. The van der Waals surface area contributed by atoms with E-state index in [1.165, 1.54) is 43.6 Å². The highest BCUT2D eigenvalue weighted by atomic mass is 32.1. The Balaban J connectivity index is 2.22. The largest absolute Gasteiger partial charge is 0.484 e. The molecule has 2 rings (SSSR count). The maximum Gasteiger partial charge on any atom is 0.198 e. The van der Waals surface area contributed by atoms with Gasteiger partial charge in [0, 0.05) is 12.6 Å². The summed E-state index contributed by atoms with van der Waals surface area (Å²) < 4.78 is 10.2. The van der Waals surface area contributed by atoms with Crippen LogP contribution in [-0.2, 0) is 0 Å². The van der Waals surface area contributed by atoms with Crippen molar-refractivity contribution in [1.82, 2.24) is 4.37 Å². The van der Waals surface area contributed by atoms with Gasteiger partial charge in [-0.1, -0.05) is 19.3 Å². The fourth-order valence-corrected chi connectivity index (χ4v) is 3.66. The van der Waals surface area contributed by atoms with Crippen LogP contribution in [0.4, 0.5) is 10.8 Å². The molecule has 0 saturated heterocycles. The van der Waals surface area contributed by atoms with Crippen LogP contribution in [0.15, 0.2) is 0 Å². The second-order valence-corrected chi connectivity index (χ2v) is 6.20. The minimum absolute atomic E-state index is 0.127. The van der Waals surface area contributed by atoms with Crippen LogP contribution in [0.25, 0.3) is 0 Å². The third-order valence-corrected chi connectivity index (χ3v) is 4.51. The molecule has 0 bridgehead atoms. The lowest BCUT2D eigenvalue weighted by molar-refractivity contribution is 0.244. The lowest BCUT2D eigenvalue weighted by Gasteiger charge is -2.34. The van der Waals surface area contributed by atoms with Gasteiger partial charge in [0.15, 0.2) is 16.6 Å². The molecule has 108 valence electrons. The monoisotopic (exact) mass is 283 g/mol. The van der Waals surface area contributed by atoms with Crippen molar-refractivity contribution in [2.24, 2.45) is 0 Å². The second-order valence-electron chi connectivity index (χ2n) is 5.45. The zero-order chi connectivity index (χ0) is 13.8. The van der Waals surface area contributed by atoms with Gasteiger partial charge in [-0.25, -0.2) is 0 Å². The van der Waals surface area contributed by atoms with Gasteiger partial charge in [-0.2, -0.15) is 4.37 Å². The van der Waals surface area contributed by atoms with Crippen LogP contribution in [0.3, 0.4) is 0 Å². The molecular weight excluding hydrogens is 258 g/mol. The average molecular weight is 283 g/mol. The highest BCUT2D eigenvalue weighted by Crippen LogP contribution is 2.41. The molecule has 0 aromatic carbocycles. The summed E-state index contributed by atoms with van der Waals surface area (Å²) in [6.07, 6.45) is 6.70. The fraction of sp³-hybridized carbons (Fsp3) is 0.786. The lowest BCUT2D eigenvalue weighted by Crippen LogP contribution is -2.36. The maximum absolute atomic E-state index is 5.96. The van der Waals surface area contributed by atoms with Gasteiger partial charge in [0.1, 0.15) is 0 Å². The van der Waals surface area contributed by atoms with Crippen LogP contribution in [0.2, 0.25) is 0 Å². The molecule has 0 unspecified atom stereocenters. The van der Waals surface area contributed by atoms with Crippen molar-refractivity contribution in [3.05, 3.63) is 0 Å². The average Bonchev–Trinajstić information content (AvgIpc) is 2.74. The number of rotatable bonds is 5. The standard InChI is InChI=1S/C14H25N3OS/c1-4-17(11-8-6-5-7-9-11)14-12(18-10(2)3)13(15)16-19-14/h10-11H,4-9H2,1-3H3,(H2,15,16). The van der Waals surface area contributed by atoms with Gasteiger partial charge in [0.25, 0.3) is 0 Å². The minimum atomic E-state index is 0.127. The van der Waals surface area contributed by atoms with Gasteiger partial charge in [-0.05, 0) is 45.1 Å². The molecule has 1 aromatic heterocycles. The van der Waals surface area contributed by atoms with E-state index in [9.17, 15) is 0 Å². The molecule has 1 heterocycles. The number of nitrogen functional groups attached to an aromatic ring is 1. The third kappa shape index (κ3) is 3.32. The molecule has 1 saturated carbocycles. The molecule has 2 N–H and O–H groups in total. The summed E-state index contributed by atoms with van der Waals surface area (Å²) in [5.41, 5.74) is 5.96. The Morgan fingerprint density at radius 2 is 2.05 bits per heavy atom. The Kier molecular flexibility index (Phi) is 4.91. The Labute approximate surface area is 120 Å². The number of hydrogen-bond acceptors (Lipinski definition) is 5. The first-order chi connectivity index (χ1) is 9.13. The molecule has 0 radical (unpaired) electrons. The summed E-state index contributed by atoms with van der Waals surface area (Å²) in [4.78, 5) is 2.44. The molecule has 0 spiro atoms. The molecule has 1 aliphatic carbocycles. The molecule has 1 fully saturated rings. The Morgan fingerprint density at radius 1 is 1.37 bits per heavy atom. The molecular formula is C14H25N3OS. The number of nitrogens with zero attached hydrogens (tertiary/aromatic N) is 2. The van der Waals surface area contributed by atoms with Crippen LogP contribution in [0.5, 0.6) is 5.75 Å². The first-order valence-corrected chi connectivity index (χ1v) is 8.09. The van der Waals surface area contributed by atoms with Gasteiger partial charge in [0.2, 0.25) is 0 Å². The van der Waals surface area contributed by atoms with E-state index < -0.39 is 0 Å². The predicted molar refractivity (Wildman–Crippen MR) is 82.2 cm³/mol. The number of nitrogens with two attached hydrogens (primary N) is 1. The Bertz CT molecular complexity index is 399. The highest BCUT2D eigenvalue weighted by molar-refractivity contribution is 7.11. The number of anilines is 2. The smallest absolute Gasteiger partial charge is 0.198 e. The van der Waals surface area contributed by atoms with E-state index in [0.29, 0.717) is 11.9 Å². The molecule has 1 aliphatic rings. The summed E-state index contributed by atoms with van der Waals surface area (Å²) in [5, 5.41) is 1.11. The van der Waals surface area contributed by atoms with Crippen LogP contribution < -0.4 is 15.4 Å². The predicted octanol–water partition coefficient (Wildman–Crippen LogP) is 3.67. The second kappa shape index (κ2) is 6.46. The van der Waals surface area contributed by atoms with E-state index in [-0.39, 0.29) is 6.10 Å². The van der Waals surface area contributed by atoms with Gasteiger partial charge in [0.05, 0.1) is 6.10 Å². The SMILES string of the molecule is CCN(c1snc(N)c1OC(C)C)C1CCCCC1. The summed E-state index contributed by atoms with van der Waals surface area (Å²) in [7, 11) is 0. The van der Waals surface area contributed by atoms with Gasteiger partial charge in [-0.15, -0.1) is 0 Å². The van der Waals surface area contributed by atoms with Crippen LogP contribution in [-0.4, -0.2) is 23.1 Å². The Hall–Kier alpha value is -0.970.